The SMILES string of the molecule is COc1cccc(N(N)/C=C(\N)C(=O)O)c1. The van der Waals surface area contributed by atoms with E-state index in [4.69, 9.17) is 21.4 Å². The molecular formula is C10H13N3O3. The first-order chi connectivity index (χ1) is 7.54. The van der Waals surface area contributed by atoms with Crippen LogP contribution in [-0.4, -0.2) is 18.2 Å². The molecule has 86 valence electrons. The summed E-state index contributed by atoms with van der Waals surface area (Å²) in [5.41, 5.74) is 5.46. The Bertz CT molecular complexity index is 418. The lowest BCUT2D eigenvalue weighted by molar-refractivity contribution is -0.132. The number of benzene rings is 1. The van der Waals surface area contributed by atoms with Gasteiger partial charge in [-0.05, 0) is 12.1 Å². The molecule has 0 aliphatic carbocycles. The summed E-state index contributed by atoms with van der Waals surface area (Å²) in [4.78, 5) is 10.5. The second kappa shape index (κ2) is 5.04. The molecule has 5 N–H and O–H groups in total. The molecule has 0 amide bonds. The van der Waals surface area contributed by atoms with Gasteiger partial charge in [0.25, 0.3) is 0 Å². The molecule has 0 unspecified atom stereocenters. The number of methoxy groups -OCH3 is 1. The average Bonchev–Trinajstić information content (AvgIpc) is 2.28. The van der Waals surface area contributed by atoms with Crippen LogP contribution in [0.2, 0.25) is 0 Å². The molecule has 0 aromatic heterocycles. The Morgan fingerprint density at radius 2 is 2.25 bits per heavy atom. The van der Waals surface area contributed by atoms with Crippen LogP contribution < -0.4 is 21.3 Å². The molecule has 0 aliphatic heterocycles. The third-order valence-corrected chi connectivity index (χ3v) is 1.88. The van der Waals surface area contributed by atoms with Crippen molar-refractivity contribution in [2.24, 2.45) is 11.6 Å². The first-order valence-corrected chi connectivity index (χ1v) is 4.43. The second-order valence-electron chi connectivity index (χ2n) is 3.00. The van der Waals surface area contributed by atoms with E-state index in [-0.39, 0.29) is 5.70 Å². The molecular weight excluding hydrogens is 210 g/mol. The second-order valence-corrected chi connectivity index (χ2v) is 3.00. The third-order valence-electron chi connectivity index (χ3n) is 1.88. The predicted octanol–water partition coefficient (Wildman–Crippen LogP) is 0.260. The number of anilines is 1. The van der Waals surface area contributed by atoms with E-state index < -0.39 is 5.97 Å². The quantitative estimate of drug-likeness (QED) is 0.384. The van der Waals surface area contributed by atoms with Crippen LogP contribution in [-0.2, 0) is 4.79 Å². The molecule has 6 heteroatoms. The lowest BCUT2D eigenvalue weighted by atomic mass is 10.3. The highest BCUT2D eigenvalue weighted by atomic mass is 16.5. The van der Waals surface area contributed by atoms with Gasteiger partial charge < -0.3 is 15.6 Å². The summed E-state index contributed by atoms with van der Waals surface area (Å²) in [7, 11) is 1.53. The number of aliphatic carboxylic acids is 1. The number of rotatable bonds is 4. The molecule has 0 fully saturated rings. The molecule has 0 radical (unpaired) electrons. The van der Waals surface area contributed by atoms with Gasteiger partial charge in [-0.3, -0.25) is 5.01 Å². The molecule has 0 atom stereocenters. The van der Waals surface area contributed by atoms with Crippen molar-refractivity contribution < 1.29 is 14.6 Å². The Hall–Kier alpha value is -2.21. The number of carbonyl (C=O) groups is 1. The van der Waals surface area contributed by atoms with Gasteiger partial charge in [0.15, 0.2) is 0 Å². The molecule has 1 aromatic rings. The zero-order valence-corrected chi connectivity index (χ0v) is 8.75. The zero-order chi connectivity index (χ0) is 12.1. The van der Waals surface area contributed by atoms with Crippen LogP contribution in [0, 0.1) is 0 Å². The summed E-state index contributed by atoms with van der Waals surface area (Å²) in [6, 6.07) is 6.85. The molecule has 1 rings (SSSR count). The van der Waals surface area contributed by atoms with Gasteiger partial charge in [-0.15, -0.1) is 0 Å². The van der Waals surface area contributed by atoms with E-state index >= 15 is 0 Å². The molecule has 6 nitrogen and oxygen atoms in total. The van der Waals surface area contributed by atoms with Crippen LogP contribution in [0.1, 0.15) is 0 Å². The van der Waals surface area contributed by atoms with Gasteiger partial charge in [0.2, 0.25) is 0 Å². The van der Waals surface area contributed by atoms with Crippen LogP contribution in [0.15, 0.2) is 36.2 Å². The molecule has 1 aromatic carbocycles. The summed E-state index contributed by atoms with van der Waals surface area (Å²) in [5, 5.41) is 9.70. The van der Waals surface area contributed by atoms with Crippen molar-refractivity contribution >= 4 is 11.7 Å². The molecule has 0 bridgehead atoms. The minimum absolute atomic E-state index is 0.342. The number of nitrogens with zero attached hydrogens (tertiary/aromatic N) is 1. The van der Waals surface area contributed by atoms with Gasteiger partial charge in [0, 0.05) is 6.07 Å². The summed E-state index contributed by atoms with van der Waals surface area (Å²) >= 11 is 0. The fourth-order valence-corrected chi connectivity index (χ4v) is 1.05. The highest BCUT2D eigenvalue weighted by molar-refractivity contribution is 5.85. The van der Waals surface area contributed by atoms with Crippen molar-refractivity contribution in [3.8, 4) is 5.75 Å². The van der Waals surface area contributed by atoms with Crippen LogP contribution in [0.25, 0.3) is 0 Å². The van der Waals surface area contributed by atoms with E-state index in [1.807, 2.05) is 0 Å². The topological polar surface area (TPSA) is 102 Å². The van der Waals surface area contributed by atoms with E-state index in [2.05, 4.69) is 0 Å². The first-order valence-electron chi connectivity index (χ1n) is 4.43. The Morgan fingerprint density at radius 3 is 2.81 bits per heavy atom. The third kappa shape index (κ3) is 2.89. The Morgan fingerprint density at radius 1 is 1.56 bits per heavy atom. The van der Waals surface area contributed by atoms with Crippen LogP contribution in [0.4, 0.5) is 5.69 Å². The van der Waals surface area contributed by atoms with Crippen molar-refractivity contribution in [1.82, 2.24) is 0 Å². The monoisotopic (exact) mass is 223 g/mol. The molecule has 16 heavy (non-hydrogen) atoms. The maximum atomic E-state index is 10.5. The van der Waals surface area contributed by atoms with Crippen LogP contribution in [0.3, 0.4) is 0 Å². The summed E-state index contributed by atoms with van der Waals surface area (Å²) in [5.74, 6) is 5.01. The Labute approximate surface area is 92.7 Å². The summed E-state index contributed by atoms with van der Waals surface area (Å²) in [6.07, 6.45) is 1.12. The minimum Gasteiger partial charge on any atom is -0.497 e. The number of carboxylic acid groups (broad SMARTS) is 1. The van der Waals surface area contributed by atoms with Gasteiger partial charge in [-0.1, -0.05) is 6.07 Å². The number of nitrogens with two attached hydrogens (primary N) is 2. The Balaban J connectivity index is 2.92. The Kier molecular flexibility index (Phi) is 3.73. The van der Waals surface area contributed by atoms with E-state index in [1.165, 1.54) is 7.11 Å². The van der Waals surface area contributed by atoms with Crippen LogP contribution in [0.5, 0.6) is 5.75 Å². The fraction of sp³-hybridized carbons (Fsp3) is 0.100. The van der Waals surface area contributed by atoms with Gasteiger partial charge in [-0.2, -0.15) is 0 Å². The highest BCUT2D eigenvalue weighted by Gasteiger charge is 2.05. The van der Waals surface area contributed by atoms with E-state index in [9.17, 15) is 4.79 Å². The number of hydrogen-bond acceptors (Lipinski definition) is 5. The van der Waals surface area contributed by atoms with Crippen molar-refractivity contribution in [3.63, 3.8) is 0 Å². The molecule has 0 saturated heterocycles. The van der Waals surface area contributed by atoms with Crippen molar-refractivity contribution in [3.05, 3.63) is 36.2 Å². The lowest BCUT2D eigenvalue weighted by Crippen LogP contribution is -2.27. The lowest BCUT2D eigenvalue weighted by Gasteiger charge is -2.14. The van der Waals surface area contributed by atoms with E-state index in [1.54, 1.807) is 24.3 Å². The highest BCUT2D eigenvalue weighted by Crippen LogP contribution is 2.19. The number of hydrazine groups is 1. The molecule has 0 aliphatic rings. The minimum atomic E-state index is -1.22. The fourth-order valence-electron chi connectivity index (χ4n) is 1.05. The van der Waals surface area contributed by atoms with Gasteiger partial charge in [0.1, 0.15) is 11.4 Å². The van der Waals surface area contributed by atoms with Crippen molar-refractivity contribution in [1.29, 1.82) is 0 Å². The molecule has 0 spiro atoms. The first kappa shape index (κ1) is 11.9. The predicted molar refractivity (Wildman–Crippen MR) is 59.6 cm³/mol. The van der Waals surface area contributed by atoms with Crippen molar-refractivity contribution in [2.75, 3.05) is 12.1 Å². The smallest absolute Gasteiger partial charge is 0.353 e. The maximum absolute atomic E-state index is 10.5. The zero-order valence-electron chi connectivity index (χ0n) is 8.75. The number of ether oxygens (including phenoxy) is 1. The van der Waals surface area contributed by atoms with E-state index in [0.29, 0.717) is 11.4 Å². The van der Waals surface area contributed by atoms with Gasteiger partial charge >= 0.3 is 5.97 Å². The maximum Gasteiger partial charge on any atom is 0.353 e. The van der Waals surface area contributed by atoms with Crippen LogP contribution >= 0.6 is 0 Å². The average molecular weight is 223 g/mol. The summed E-state index contributed by atoms with van der Waals surface area (Å²) in [6.45, 7) is 0. The van der Waals surface area contributed by atoms with Crippen molar-refractivity contribution in [2.45, 2.75) is 0 Å². The standard InChI is InChI=1S/C10H13N3O3/c1-16-8-4-2-3-7(5-8)13(12)6-9(11)10(14)15/h2-6H,11-12H2,1H3,(H,14,15)/b9-6-. The van der Waals surface area contributed by atoms with Gasteiger partial charge in [0.05, 0.1) is 19.0 Å². The number of carboxylic acids is 1. The molecule has 0 heterocycles. The normalized spacial score (nSPS) is 11.0. The summed E-state index contributed by atoms with van der Waals surface area (Å²) < 4.78 is 5.01. The number of hydrogen-bond donors (Lipinski definition) is 3. The van der Waals surface area contributed by atoms with E-state index in [0.717, 1.165) is 11.2 Å². The van der Waals surface area contributed by atoms with Gasteiger partial charge in [-0.25, -0.2) is 10.6 Å². The largest absolute Gasteiger partial charge is 0.497 e. The molecule has 0 saturated carbocycles.